The van der Waals surface area contributed by atoms with Crippen LogP contribution in [-0.2, 0) is 0 Å². The van der Waals surface area contributed by atoms with Crippen molar-refractivity contribution in [2.75, 3.05) is 0 Å². The summed E-state index contributed by atoms with van der Waals surface area (Å²) in [4.78, 5) is 28.1. The molecular weight excluding hydrogens is 328 g/mol. The van der Waals surface area contributed by atoms with E-state index in [9.17, 15) is 4.79 Å². The number of furan rings is 1. The van der Waals surface area contributed by atoms with Crippen LogP contribution in [0.3, 0.4) is 0 Å². The van der Waals surface area contributed by atoms with Crippen LogP contribution in [0.25, 0.3) is 44.8 Å². The number of H-pyrrole nitrogens is 1. The lowest BCUT2D eigenvalue weighted by Crippen LogP contribution is -2.06. The van der Waals surface area contributed by atoms with E-state index >= 15 is 0 Å². The Bertz CT molecular complexity index is 1310. The van der Waals surface area contributed by atoms with E-state index < -0.39 is 0 Å². The second-order valence-electron chi connectivity index (χ2n) is 5.85. The number of hydrogen-bond donors (Lipinski definition) is 1. The Morgan fingerprint density at radius 2 is 1.77 bits per heavy atom. The van der Waals surface area contributed by atoms with Gasteiger partial charge in [0.2, 0.25) is 11.3 Å². The molecule has 1 N–H and O–H groups in total. The summed E-state index contributed by atoms with van der Waals surface area (Å²) in [5, 5.41) is 0.864. The maximum atomic E-state index is 11.7. The van der Waals surface area contributed by atoms with Gasteiger partial charge >= 0.3 is 0 Å². The molecule has 0 aliphatic carbocycles. The van der Waals surface area contributed by atoms with E-state index in [1.54, 1.807) is 18.5 Å². The summed E-state index contributed by atoms with van der Waals surface area (Å²) < 4.78 is 5.59. The fourth-order valence-corrected chi connectivity index (χ4v) is 3.01. The van der Waals surface area contributed by atoms with Gasteiger partial charge in [0.25, 0.3) is 0 Å². The van der Waals surface area contributed by atoms with Crippen molar-refractivity contribution in [3.05, 3.63) is 77.4 Å². The van der Waals surface area contributed by atoms with Gasteiger partial charge in [-0.3, -0.25) is 4.79 Å². The molecule has 0 bridgehead atoms. The smallest absolute Gasteiger partial charge is 0.249 e. The molecule has 4 aromatic heterocycles. The lowest BCUT2D eigenvalue weighted by molar-refractivity contribution is 0.604. The molecule has 0 aliphatic heterocycles. The average molecular weight is 340 g/mol. The molecule has 0 radical (unpaired) electrons. The maximum Gasteiger partial charge on any atom is 0.249 e. The maximum absolute atomic E-state index is 11.7. The number of rotatable bonds is 2. The summed E-state index contributed by atoms with van der Waals surface area (Å²) in [6, 6.07) is 16.6. The Balaban J connectivity index is 1.88. The van der Waals surface area contributed by atoms with Crippen molar-refractivity contribution in [1.82, 2.24) is 19.9 Å². The first kappa shape index (κ1) is 14.5. The summed E-state index contributed by atoms with van der Waals surface area (Å²) in [5.74, 6) is 0. The van der Waals surface area contributed by atoms with Crippen molar-refractivity contribution >= 4 is 22.3 Å². The highest BCUT2D eigenvalue weighted by Crippen LogP contribution is 2.35. The third-order valence-corrected chi connectivity index (χ3v) is 4.21. The average Bonchev–Trinajstić information content (AvgIpc) is 3.11. The normalized spacial score (nSPS) is 11.2. The van der Waals surface area contributed by atoms with Gasteiger partial charge in [-0.05, 0) is 18.2 Å². The van der Waals surface area contributed by atoms with Gasteiger partial charge in [0.1, 0.15) is 17.5 Å². The monoisotopic (exact) mass is 340 g/mol. The molecule has 0 fully saturated rings. The zero-order chi connectivity index (χ0) is 17.5. The van der Waals surface area contributed by atoms with Crippen LogP contribution in [0.15, 0.2) is 76.3 Å². The highest BCUT2D eigenvalue weighted by atomic mass is 16.3. The summed E-state index contributed by atoms with van der Waals surface area (Å²) in [6.45, 7) is 0. The van der Waals surface area contributed by atoms with Gasteiger partial charge in [-0.1, -0.05) is 30.3 Å². The third-order valence-electron chi connectivity index (χ3n) is 4.21. The number of nitrogens with zero attached hydrogens (tertiary/aromatic N) is 3. The molecule has 124 valence electrons. The molecule has 0 aliphatic rings. The fraction of sp³-hybridized carbons (Fsp3) is 0. The Labute approximate surface area is 147 Å². The van der Waals surface area contributed by atoms with Crippen LogP contribution >= 0.6 is 0 Å². The van der Waals surface area contributed by atoms with Gasteiger partial charge in [0, 0.05) is 23.2 Å². The molecule has 0 saturated heterocycles. The SMILES string of the molecule is O=c1ccc2nc(-c3coc4ncccc34)c(-c3ccccc3)nc2[nH]1. The number of fused-ring (bicyclic) bond motifs is 2. The van der Waals surface area contributed by atoms with E-state index in [0.29, 0.717) is 28.3 Å². The highest BCUT2D eigenvalue weighted by molar-refractivity contribution is 5.96. The first-order valence-electron chi connectivity index (χ1n) is 8.09. The largest absolute Gasteiger partial charge is 0.445 e. The quantitative estimate of drug-likeness (QED) is 0.528. The Hall–Kier alpha value is -3.80. The molecule has 5 aromatic rings. The van der Waals surface area contributed by atoms with E-state index in [-0.39, 0.29) is 5.56 Å². The minimum Gasteiger partial charge on any atom is -0.445 e. The van der Waals surface area contributed by atoms with Gasteiger partial charge in [0.15, 0.2) is 5.65 Å². The number of hydrogen-bond acceptors (Lipinski definition) is 5. The molecule has 0 saturated carbocycles. The zero-order valence-corrected chi connectivity index (χ0v) is 13.5. The predicted octanol–water partition coefficient (Wildman–Crippen LogP) is 3.79. The lowest BCUT2D eigenvalue weighted by atomic mass is 10.0. The predicted molar refractivity (Wildman–Crippen MR) is 98.6 cm³/mol. The van der Waals surface area contributed by atoms with Crippen molar-refractivity contribution in [3.63, 3.8) is 0 Å². The molecule has 0 spiro atoms. The summed E-state index contributed by atoms with van der Waals surface area (Å²) in [5.41, 5.74) is 4.46. The second-order valence-corrected chi connectivity index (χ2v) is 5.85. The molecule has 0 amide bonds. The van der Waals surface area contributed by atoms with Gasteiger partial charge in [0.05, 0.1) is 11.3 Å². The number of nitrogens with one attached hydrogen (secondary N) is 1. The summed E-state index contributed by atoms with van der Waals surface area (Å²) in [6.07, 6.45) is 3.33. The molecule has 0 atom stereocenters. The molecule has 6 heteroatoms. The van der Waals surface area contributed by atoms with Gasteiger partial charge in [-0.25, -0.2) is 15.0 Å². The Kier molecular flexibility index (Phi) is 3.15. The third kappa shape index (κ3) is 2.28. The first-order chi connectivity index (χ1) is 12.8. The van der Waals surface area contributed by atoms with E-state index in [0.717, 1.165) is 16.5 Å². The minimum atomic E-state index is -0.212. The lowest BCUT2D eigenvalue weighted by Gasteiger charge is -2.09. The Morgan fingerprint density at radius 1 is 0.885 bits per heavy atom. The molecule has 6 nitrogen and oxygen atoms in total. The van der Waals surface area contributed by atoms with Gasteiger partial charge < -0.3 is 9.40 Å². The number of aromatic nitrogens is 4. The number of pyridine rings is 2. The van der Waals surface area contributed by atoms with E-state index in [4.69, 9.17) is 9.40 Å². The Morgan fingerprint density at radius 3 is 2.65 bits per heavy atom. The zero-order valence-electron chi connectivity index (χ0n) is 13.5. The van der Waals surface area contributed by atoms with Gasteiger partial charge in [-0.15, -0.1) is 0 Å². The van der Waals surface area contributed by atoms with Crippen LogP contribution in [0.5, 0.6) is 0 Å². The molecule has 4 heterocycles. The van der Waals surface area contributed by atoms with E-state index in [1.165, 1.54) is 6.07 Å². The van der Waals surface area contributed by atoms with Crippen molar-refractivity contribution in [3.8, 4) is 22.5 Å². The molecule has 1 aromatic carbocycles. The number of aromatic amines is 1. The van der Waals surface area contributed by atoms with Crippen LogP contribution in [-0.4, -0.2) is 19.9 Å². The standard InChI is InChI=1S/C20H12N4O2/c25-16-9-8-15-19(23-16)24-17(12-5-2-1-3-6-12)18(22-15)14-11-26-20-13(14)7-4-10-21-20/h1-11H,(H,23,24,25). The van der Waals surface area contributed by atoms with Crippen LogP contribution < -0.4 is 5.56 Å². The van der Waals surface area contributed by atoms with Crippen LogP contribution in [0.4, 0.5) is 0 Å². The van der Waals surface area contributed by atoms with E-state index in [2.05, 4.69) is 15.0 Å². The highest BCUT2D eigenvalue weighted by Gasteiger charge is 2.18. The van der Waals surface area contributed by atoms with Crippen molar-refractivity contribution in [2.45, 2.75) is 0 Å². The van der Waals surface area contributed by atoms with Crippen molar-refractivity contribution < 1.29 is 4.42 Å². The summed E-state index contributed by atoms with van der Waals surface area (Å²) in [7, 11) is 0. The summed E-state index contributed by atoms with van der Waals surface area (Å²) >= 11 is 0. The molecule has 5 rings (SSSR count). The van der Waals surface area contributed by atoms with Crippen LogP contribution in [0.2, 0.25) is 0 Å². The van der Waals surface area contributed by atoms with Crippen LogP contribution in [0, 0.1) is 0 Å². The fourth-order valence-electron chi connectivity index (χ4n) is 3.01. The van der Waals surface area contributed by atoms with Crippen molar-refractivity contribution in [2.24, 2.45) is 0 Å². The topological polar surface area (TPSA) is 84.7 Å². The van der Waals surface area contributed by atoms with E-state index in [1.807, 2.05) is 42.5 Å². The molecule has 26 heavy (non-hydrogen) atoms. The van der Waals surface area contributed by atoms with Crippen molar-refractivity contribution in [1.29, 1.82) is 0 Å². The first-order valence-corrected chi connectivity index (χ1v) is 8.09. The number of benzene rings is 1. The van der Waals surface area contributed by atoms with Gasteiger partial charge in [-0.2, -0.15) is 0 Å². The van der Waals surface area contributed by atoms with Crippen LogP contribution in [0.1, 0.15) is 0 Å². The minimum absolute atomic E-state index is 0.212. The second kappa shape index (κ2) is 5.63. The molecule has 0 unspecified atom stereocenters. The molecular formula is C20H12N4O2.